The maximum absolute atomic E-state index is 14.3. The summed E-state index contributed by atoms with van der Waals surface area (Å²) < 4.78 is 297. The van der Waals surface area contributed by atoms with Gasteiger partial charge in [0.05, 0.1) is 22.8 Å². The van der Waals surface area contributed by atoms with Crippen molar-refractivity contribution in [1.82, 2.24) is 29.0 Å². The summed E-state index contributed by atoms with van der Waals surface area (Å²) in [5.41, 5.74) is -14.6. The zero-order valence-corrected chi connectivity index (χ0v) is 47.3. The molecular formula is C52H54F20N6O8S. The third-order valence-electron chi connectivity index (χ3n) is 13.0. The summed E-state index contributed by atoms with van der Waals surface area (Å²) in [5.74, 6) is -44.8. The average molecular weight is 1300 g/mol. The van der Waals surface area contributed by atoms with E-state index in [2.05, 4.69) is 15.0 Å². The van der Waals surface area contributed by atoms with Crippen LogP contribution in [-0.4, -0.2) is 153 Å². The number of nitrogens with zero attached hydrogens (tertiary/aromatic N) is 5. The Morgan fingerprint density at radius 2 is 1.09 bits per heavy atom. The van der Waals surface area contributed by atoms with Crippen molar-refractivity contribution in [3.8, 4) is 17.1 Å². The molecular weight excluding hydrogens is 1250 g/mol. The third-order valence-corrected chi connectivity index (χ3v) is 14.9. The van der Waals surface area contributed by atoms with E-state index in [1.54, 1.807) is 63.4 Å². The van der Waals surface area contributed by atoms with E-state index in [1.165, 1.54) is 8.99 Å². The van der Waals surface area contributed by atoms with Gasteiger partial charge in [-0.05, 0) is 66.3 Å². The quantitative estimate of drug-likeness (QED) is 0.0703. The normalized spacial score (nSPS) is 19.7. The molecule has 14 nitrogen and oxygen atoms in total. The number of fused-ring (bicyclic) bond motifs is 1. The number of H-pyrrole nitrogens is 1. The van der Waals surface area contributed by atoms with Gasteiger partial charge in [-0.2, -0.15) is 92.8 Å². The number of aliphatic carboxylic acids is 2. The first kappa shape index (κ1) is 74.2. The number of ether oxygens (including phenoxy) is 1. The number of likely N-dealkylation sites (N-methyl/N-ethyl adjacent to an activating group) is 1. The number of piperazine rings is 1. The Kier molecular flexibility index (Phi) is 22.8. The number of hydrogen-bond donors (Lipinski definition) is 3. The molecule has 2 fully saturated rings. The molecule has 0 bridgehead atoms. The number of carboxylic acid groups (broad SMARTS) is 2. The van der Waals surface area contributed by atoms with E-state index in [4.69, 9.17) is 19.9 Å². The molecule has 1 saturated carbocycles. The topological polar surface area (TPSA) is 188 Å². The minimum Gasteiger partial charge on any atom is -0.493 e. The molecule has 1 aromatic carbocycles. The molecule has 0 spiro atoms. The van der Waals surface area contributed by atoms with Crippen LogP contribution in [0.1, 0.15) is 53.7 Å². The predicted octanol–water partition coefficient (Wildman–Crippen LogP) is 12.8. The number of carboxylic acids is 2. The Labute approximate surface area is 481 Å². The Hall–Kier alpha value is -7.04. The summed E-state index contributed by atoms with van der Waals surface area (Å²) in [5, 5.41) is 21.9. The Morgan fingerprint density at radius 1 is 0.667 bits per heavy atom. The third kappa shape index (κ3) is 14.0. The zero-order valence-electron chi connectivity index (χ0n) is 46.5. The fourth-order valence-electron chi connectivity index (χ4n) is 8.21. The van der Waals surface area contributed by atoms with Crippen molar-refractivity contribution in [1.29, 1.82) is 0 Å². The van der Waals surface area contributed by atoms with E-state index in [0.717, 1.165) is 23.3 Å². The number of benzene rings is 1. The summed E-state index contributed by atoms with van der Waals surface area (Å²) >= 11 is 0. The number of allylic oxidation sites excluding steroid dienone is 12. The number of sulfonamides is 1. The van der Waals surface area contributed by atoms with Gasteiger partial charge in [0.15, 0.2) is 5.52 Å². The van der Waals surface area contributed by atoms with E-state index in [9.17, 15) is 111 Å². The van der Waals surface area contributed by atoms with Crippen molar-refractivity contribution in [3.63, 3.8) is 0 Å². The second-order valence-corrected chi connectivity index (χ2v) is 21.2. The maximum atomic E-state index is 14.3. The van der Waals surface area contributed by atoms with Crippen LogP contribution in [0.3, 0.4) is 0 Å². The number of alkyl halides is 20. The minimum atomic E-state index is -9.46. The number of halogens is 20. The van der Waals surface area contributed by atoms with Gasteiger partial charge < -0.3 is 24.8 Å². The predicted molar refractivity (Wildman–Crippen MR) is 273 cm³/mol. The standard InChI is InChI=1S/C22H30N6O4S.C20H24O4.C10F20/c1-5-7-17-19-20(27(4)25-17)22(29)24-21(23-19)16-14-15(8-9-18(16)32-6-2)33(30,31)28-12-10-26(3)11-13-28;1-15(11-7-13-17(3)19(21)22)9-5-6-10-16(2)12-8-14-18(4)20(23)24;11-2(1(8(22,23)24,9(25,26)27)10(28,29)30)3(12,13)5(16,17)7(20,21)6(18,19)4(2,14)15/h8-9,14H,5-7,10-13H2,1-4H3,(H,23,24,29);5-14H,1-4H3,(H,21,22)(H,23,24);/b;6-5+,11-7+,12-8+,15-9+,16-10+,17-13+,18-14+;. The number of aromatic amines is 1. The largest absolute Gasteiger partial charge is 0.493 e. The number of carbonyl (C=O) groups is 2. The Bertz CT molecular complexity index is 3280. The van der Waals surface area contributed by atoms with Gasteiger partial charge in [0.25, 0.3) is 11.2 Å². The van der Waals surface area contributed by atoms with Crippen LogP contribution in [0.4, 0.5) is 87.8 Å². The first-order valence-corrected chi connectivity index (χ1v) is 26.3. The van der Waals surface area contributed by atoms with Crippen molar-refractivity contribution in [2.75, 3.05) is 39.8 Å². The molecule has 1 aliphatic heterocycles. The number of nitrogens with one attached hydrogen (secondary N) is 1. The highest BCUT2D eigenvalue weighted by Gasteiger charge is 3.11. The van der Waals surface area contributed by atoms with Gasteiger partial charge in [0, 0.05) is 44.4 Å². The van der Waals surface area contributed by atoms with Gasteiger partial charge >= 0.3 is 65.5 Å². The molecule has 0 radical (unpaired) electrons. The highest BCUT2D eigenvalue weighted by Crippen LogP contribution is 2.79. The smallest absolute Gasteiger partial charge is 0.415 e. The molecule has 3 aromatic rings. The lowest BCUT2D eigenvalue weighted by atomic mass is 9.57. The number of aromatic nitrogens is 4. The molecule has 1 saturated heterocycles. The summed E-state index contributed by atoms with van der Waals surface area (Å²) in [7, 11) is -0.00831. The van der Waals surface area contributed by atoms with Crippen molar-refractivity contribution < 1.29 is 121 Å². The van der Waals surface area contributed by atoms with Crippen molar-refractivity contribution in [3.05, 3.63) is 117 Å². The van der Waals surface area contributed by atoms with E-state index in [-0.39, 0.29) is 27.4 Å². The minimum absolute atomic E-state index is 0.147. The van der Waals surface area contributed by atoms with E-state index >= 15 is 0 Å². The Morgan fingerprint density at radius 3 is 1.48 bits per heavy atom. The highest BCUT2D eigenvalue weighted by atomic mass is 32.2. The molecule has 35 heteroatoms. The zero-order chi connectivity index (χ0) is 67.3. The molecule has 2 aromatic heterocycles. The van der Waals surface area contributed by atoms with Gasteiger partial charge in [0.2, 0.25) is 10.0 Å². The van der Waals surface area contributed by atoms with Gasteiger partial charge in [0.1, 0.15) is 17.1 Å². The van der Waals surface area contributed by atoms with Crippen LogP contribution in [-0.2, 0) is 33.1 Å². The van der Waals surface area contributed by atoms with Gasteiger partial charge in [-0.1, -0.05) is 85.3 Å². The fourth-order valence-corrected chi connectivity index (χ4v) is 9.66. The molecule has 0 amide bonds. The molecule has 0 unspecified atom stereocenters. The molecule has 1 aliphatic carbocycles. The Balaban J connectivity index is 0.000000347. The number of rotatable bonds is 16. The summed E-state index contributed by atoms with van der Waals surface area (Å²) in [4.78, 5) is 43.9. The van der Waals surface area contributed by atoms with Crippen LogP contribution >= 0.6 is 0 Å². The summed E-state index contributed by atoms with van der Waals surface area (Å²) in [6.45, 7) is 13.4. The second kappa shape index (κ2) is 26.7. The first-order chi connectivity index (χ1) is 39.5. The highest BCUT2D eigenvalue weighted by molar-refractivity contribution is 7.89. The van der Waals surface area contributed by atoms with E-state index in [1.807, 2.05) is 71.2 Å². The number of aryl methyl sites for hydroxylation is 2. The molecule has 0 atom stereocenters. The van der Waals surface area contributed by atoms with Crippen LogP contribution in [0.2, 0.25) is 0 Å². The average Bonchev–Trinajstić information content (AvgIpc) is 0.892. The van der Waals surface area contributed by atoms with Crippen molar-refractivity contribution in [2.45, 2.75) is 113 Å². The monoisotopic (exact) mass is 1300 g/mol. The van der Waals surface area contributed by atoms with Crippen molar-refractivity contribution >= 4 is 33.0 Å². The molecule has 486 valence electrons. The fraction of sp³-hybridized carbons (Fsp3) is 0.481. The lowest BCUT2D eigenvalue weighted by Gasteiger charge is -2.58. The van der Waals surface area contributed by atoms with Crippen LogP contribution in [0, 0.1) is 5.41 Å². The van der Waals surface area contributed by atoms with Crippen molar-refractivity contribution in [2.24, 2.45) is 12.5 Å². The summed E-state index contributed by atoms with van der Waals surface area (Å²) in [6, 6.07) is 4.71. The van der Waals surface area contributed by atoms with E-state index in [0.29, 0.717) is 61.6 Å². The molecule has 3 heterocycles. The maximum Gasteiger partial charge on any atom is 0.415 e. The first-order valence-electron chi connectivity index (χ1n) is 24.9. The van der Waals surface area contributed by atoms with Gasteiger partial charge in [-0.3, -0.25) is 9.48 Å². The van der Waals surface area contributed by atoms with E-state index < -0.39 is 81.2 Å². The molecule has 3 N–H and O–H groups in total. The molecule has 5 rings (SSSR count). The van der Waals surface area contributed by atoms with Crippen LogP contribution in [0.5, 0.6) is 5.75 Å². The lowest BCUT2D eigenvalue weighted by Crippen LogP contribution is -2.91. The van der Waals surface area contributed by atoms with Gasteiger partial charge in [-0.15, -0.1) is 0 Å². The lowest BCUT2D eigenvalue weighted by molar-refractivity contribution is -0.556. The second-order valence-electron chi connectivity index (χ2n) is 19.2. The van der Waals surface area contributed by atoms with Gasteiger partial charge in [-0.25, -0.2) is 27.4 Å². The van der Waals surface area contributed by atoms with Crippen LogP contribution in [0.25, 0.3) is 22.4 Å². The molecule has 2 aliphatic rings. The SMILES string of the molecule is CC(/C=C/C=C(\C)C(=O)O)=C\C=C\C=C(C)\C=C\C=C(/C)C(=O)O.CCCc1nn(C)c2c(=O)[nH]c(-c3cc(S(=O)(=O)N4CCN(C)CC4)ccc3OCC)nc12.FC(F)(F)C(C(F)(F)F)(C(F)(F)F)C1(F)C(F)(F)C(F)(F)C(F)(F)C(F)(F)C1(F)F. The number of hydrogen-bond acceptors (Lipinski definition) is 9. The van der Waals surface area contributed by atoms with Crippen LogP contribution < -0.4 is 10.3 Å². The van der Waals surface area contributed by atoms with Crippen LogP contribution in [0.15, 0.2) is 111 Å². The summed E-state index contributed by atoms with van der Waals surface area (Å²) in [6.07, 6.45) is -7.36. The molecule has 87 heavy (non-hydrogen) atoms.